The van der Waals surface area contributed by atoms with Gasteiger partial charge in [-0.3, -0.25) is 9.59 Å². The van der Waals surface area contributed by atoms with Crippen LogP contribution >= 0.6 is 11.8 Å². The largest absolute Gasteiger partial charge is 0.418 e. The Morgan fingerprint density at radius 1 is 0.953 bits per heavy atom. The lowest BCUT2D eigenvalue weighted by atomic mass is 9.99. The van der Waals surface area contributed by atoms with E-state index in [0.717, 1.165) is 24.3 Å². The monoisotopic (exact) mass is 631 g/mol. The zero-order valence-corrected chi connectivity index (χ0v) is 23.8. The van der Waals surface area contributed by atoms with Crippen molar-refractivity contribution in [3.05, 3.63) is 59.2 Å². The minimum absolute atomic E-state index is 0.0211. The van der Waals surface area contributed by atoms with Gasteiger partial charge in [0.15, 0.2) is 0 Å². The van der Waals surface area contributed by atoms with Crippen LogP contribution in [0.1, 0.15) is 36.0 Å². The standard InChI is InChI=1S/C29H31F6N3O4S/c30-28(31,32)26-19(5-7-24(40)38-13-16-42-17-14-38)4-6-23(27(26)29(33,34)35)43-22-3-1-2-21(18-22)36-20-8-11-37(12-9-20)25(41)10-15-39/h1-7,18,20,36,39H,8-17H2. The maximum absolute atomic E-state index is 14.3. The van der Waals surface area contributed by atoms with E-state index >= 15 is 0 Å². The molecule has 234 valence electrons. The highest BCUT2D eigenvalue weighted by molar-refractivity contribution is 7.99. The van der Waals surface area contributed by atoms with E-state index in [-0.39, 0.29) is 51.3 Å². The minimum Gasteiger partial charge on any atom is -0.396 e. The molecule has 0 saturated carbocycles. The molecule has 2 aliphatic rings. The molecule has 4 rings (SSSR count). The molecule has 0 atom stereocenters. The number of hydrogen-bond donors (Lipinski definition) is 2. The number of aliphatic hydroxyl groups excluding tert-OH is 1. The first-order valence-corrected chi connectivity index (χ1v) is 14.5. The number of carbonyl (C=O) groups excluding carboxylic acids is 2. The van der Waals surface area contributed by atoms with Gasteiger partial charge in [0.05, 0.1) is 30.9 Å². The molecule has 0 bridgehead atoms. The number of halogens is 6. The first kappa shape index (κ1) is 32.7. The maximum atomic E-state index is 14.3. The Kier molecular flexibility index (Phi) is 10.7. The average molecular weight is 632 g/mol. The summed E-state index contributed by atoms with van der Waals surface area (Å²) in [5.41, 5.74) is -3.85. The van der Waals surface area contributed by atoms with Crippen molar-refractivity contribution in [2.45, 2.75) is 47.4 Å². The van der Waals surface area contributed by atoms with E-state index in [2.05, 4.69) is 5.32 Å². The van der Waals surface area contributed by atoms with Gasteiger partial charge in [0, 0.05) is 60.2 Å². The molecule has 0 radical (unpaired) electrons. The van der Waals surface area contributed by atoms with Crippen LogP contribution in [0.4, 0.5) is 32.0 Å². The Labute approximate surface area is 248 Å². The van der Waals surface area contributed by atoms with Crippen LogP contribution in [0.3, 0.4) is 0 Å². The summed E-state index contributed by atoms with van der Waals surface area (Å²) in [6.45, 7) is 1.74. The smallest absolute Gasteiger partial charge is 0.396 e. The van der Waals surface area contributed by atoms with Crippen molar-refractivity contribution in [3.8, 4) is 0 Å². The van der Waals surface area contributed by atoms with E-state index in [0.29, 0.717) is 48.3 Å². The minimum atomic E-state index is -5.35. The molecule has 0 spiro atoms. The second-order valence-electron chi connectivity index (χ2n) is 10.1. The fourth-order valence-electron chi connectivity index (χ4n) is 5.00. The predicted octanol–water partition coefficient (Wildman–Crippen LogP) is 5.53. The molecule has 2 amide bonds. The second-order valence-corrected chi connectivity index (χ2v) is 11.2. The van der Waals surface area contributed by atoms with Crippen LogP contribution in [0.15, 0.2) is 52.3 Å². The number of aliphatic hydroxyl groups is 1. The van der Waals surface area contributed by atoms with Crippen LogP contribution in [0.25, 0.3) is 6.08 Å². The topological polar surface area (TPSA) is 82.1 Å². The molecule has 14 heteroatoms. The average Bonchev–Trinajstić information content (AvgIpc) is 2.96. The van der Waals surface area contributed by atoms with Gasteiger partial charge in [-0.15, -0.1) is 0 Å². The summed E-state index contributed by atoms with van der Waals surface area (Å²) in [6.07, 6.45) is -7.77. The molecule has 0 unspecified atom stereocenters. The summed E-state index contributed by atoms with van der Waals surface area (Å²) in [5.74, 6) is -0.751. The van der Waals surface area contributed by atoms with Crippen molar-refractivity contribution in [1.29, 1.82) is 0 Å². The van der Waals surface area contributed by atoms with Crippen molar-refractivity contribution < 1.29 is 45.8 Å². The Morgan fingerprint density at radius 2 is 1.63 bits per heavy atom. The lowest BCUT2D eigenvalue weighted by Gasteiger charge is -2.33. The lowest BCUT2D eigenvalue weighted by Crippen LogP contribution is -2.42. The number of likely N-dealkylation sites (tertiary alicyclic amines) is 1. The number of rotatable bonds is 8. The highest BCUT2D eigenvalue weighted by Gasteiger charge is 2.46. The highest BCUT2D eigenvalue weighted by atomic mass is 32.2. The number of nitrogens with zero attached hydrogens (tertiary/aromatic N) is 2. The molecular formula is C29H31F6N3O4S. The van der Waals surface area contributed by atoms with Gasteiger partial charge >= 0.3 is 12.4 Å². The number of alkyl halides is 6. The van der Waals surface area contributed by atoms with Crippen LogP contribution in [0.2, 0.25) is 0 Å². The Morgan fingerprint density at radius 3 is 2.26 bits per heavy atom. The number of hydrogen-bond acceptors (Lipinski definition) is 6. The molecule has 0 aromatic heterocycles. The van der Waals surface area contributed by atoms with E-state index in [9.17, 15) is 35.9 Å². The normalized spacial score (nSPS) is 17.0. The summed E-state index contributed by atoms with van der Waals surface area (Å²) in [5, 5.41) is 12.3. The summed E-state index contributed by atoms with van der Waals surface area (Å²) in [6, 6.07) is 8.28. The summed E-state index contributed by atoms with van der Waals surface area (Å²) in [4.78, 5) is 27.1. The van der Waals surface area contributed by atoms with Gasteiger partial charge in [-0.1, -0.05) is 23.9 Å². The molecule has 0 aliphatic carbocycles. The number of morpholine rings is 1. The molecule has 43 heavy (non-hydrogen) atoms. The van der Waals surface area contributed by atoms with Crippen LogP contribution in [-0.4, -0.2) is 78.8 Å². The number of benzene rings is 2. The molecule has 2 aromatic carbocycles. The summed E-state index contributed by atoms with van der Waals surface area (Å²) in [7, 11) is 0. The third-order valence-corrected chi connectivity index (χ3v) is 8.15. The van der Waals surface area contributed by atoms with Crippen molar-refractivity contribution in [2.75, 3.05) is 51.3 Å². The van der Waals surface area contributed by atoms with E-state index < -0.39 is 39.8 Å². The van der Waals surface area contributed by atoms with Gasteiger partial charge in [0.2, 0.25) is 11.8 Å². The summed E-state index contributed by atoms with van der Waals surface area (Å²) >= 11 is 0.563. The Balaban J connectivity index is 1.56. The number of amides is 2. The number of ether oxygens (including phenoxy) is 1. The number of anilines is 1. The Bertz CT molecular complexity index is 1320. The summed E-state index contributed by atoms with van der Waals surface area (Å²) < 4.78 is 90.4. The highest BCUT2D eigenvalue weighted by Crippen LogP contribution is 2.48. The molecule has 2 saturated heterocycles. The van der Waals surface area contributed by atoms with Crippen LogP contribution in [-0.2, 0) is 26.7 Å². The predicted molar refractivity (Wildman–Crippen MR) is 148 cm³/mol. The number of piperidine rings is 1. The van der Waals surface area contributed by atoms with Crippen LogP contribution in [0.5, 0.6) is 0 Å². The molecule has 2 aliphatic heterocycles. The molecule has 2 heterocycles. The van der Waals surface area contributed by atoms with Crippen LogP contribution < -0.4 is 5.32 Å². The van der Waals surface area contributed by atoms with Gasteiger partial charge in [-0.2, -0.15) is 26.3 Å². The molecular weight excluding hydrogens is 600 g/mol. The quantitative estimate of drug-likeness (QED) is 0.295. The van der Waals surface area contributed by atoms with Crippen molar-refractivity contribution in [3.63, 3.8) is 0 Å². The van der Waals surface area contributed by atoms with Crippen molar-refractivity contribution in [2.24, 2.45) is 0 Å². The van der Waals surface area contributed by atoms with Crippen LogP contribution in [0, 0.1) is 0 Å². The van der Waals surface area contributed by atoms with E-state index in [1.165, 1.54) is 11.0 Å². The third-order valence-electron chi connectivity index (χ3n) is 7.10. The van der Waals surface area contributed by atoms with Gasteiger partial charge in [0.1, 0.15) is 0 Å². The van der Waals surface area contributed by atoms with Crippen molar-refractivity contribution >= 4 is 35.3 Å². The van der Waals surface area contributed by atoms with Gasteiger partial charge in [-0.25, -0.2) is 0 Å². The van der Waals surface area contributed by atoms with Gasteiger partial charge in [0.25, 0.3) is 0 Å². The number of nitrogens with one attached hydrogen (secondary N) is 1. The SMILES string of the molecule is O=C(C=Cc1ccc(Sc2cccc(NC3CCN(C(=O)CCO)CC3)c2)c(C(F)(F)F)c1C(F)(F)F)N1CCOCC1. The molecule has 2 N–H and O–H groups in total. The first-order chi connectivity index (χ1) is 20.4. The zero-order valence-electron chi connectivity index (χ0n) is 23.0. The Hall–Kier alpha value is -3.23. The third kappa shape index (κ3) is 8.67. The van der Waals surface area contributed by atoms with Gasteiger partial charge < -0.3 is 25.0 Å². The number of carbonyl (C=O) groups is 2. The van der Waals surface area contributed by atoms with E-state index in [1.54, 1.807) is 23.1 Å². The lowest BCUT2D eigenvalue weighted by molar-refractivity contribution is -0.163. The van der Waals surface area contributed by atoms with Gasteiger partial charge in [-0.05, 0) is 48.7 Å². The van der Waals surface area contributed by atoms with Crippen molar-refractivity contribution in [1.82, 2.24) is 9.80 Å². The molecule has 2 fully saturated rings. The van der Waals surface area contributed by atoms with E-state index in [1.807, 2.05) is 0 Å². The zero-order chi connectivity index (χ0) is 31.2. The maximum Gasteiger partial charge on any atom is 0.418 e. The first-order valence-electron chi connectivity index (χ1n) is 13.7. The van der Waals surface area contributed by atoms with E-state index in [4.69, 9.17) is 9.84 Å². The molecule has 7 nitrogen and oxygen atoms in total. The fourth-order valence-corrected chi connectivity index (χ4v) is 6.04. The molecule has 2 aromatic rings. The second kappa shape index (κ2) is 14.0. The fraction of sp³-hybridized carbons (Fsp3) is 0.448.